The SMILES string of the molecule is COc1cc(/C(C#N)=C/c2ccc([N+](=O)[O-])cc2)c([N+](=O)[O-])cc1OC. The predicted octanol–water partition coefficient (Wildman–Crippen LogP) is 3.58. The molecule has 2 aromatic rings. The van der Waals surface area contributed by atoms with E-state index in [1.165, 1.54) is 56.7 Å². The molecule has 0 aromatic heterocycles. The summed E-state index contributed by atoms with van der Waals surface area (Å²) in [7, 11) is 2.72. The molecule has 0 N–H and O–H groups in total. The fraction of sp³-hybridized carbons (Fsp3) is 0.118. The molecule has 0 saturated carbocycles. The highest BCUT2D eigenvalue weighted by atomic mass is 16.6. The van der Waals surface area contributed by atoms with Crippen molar-refractivity contribution < 1.29 is 19.3 Å². The number of rotatable bonds is 6. The minimum atomic E-state index is -0.627. The Balaban J connectivity index is 2.60. The van der Waals surface area contributed by atoms with Crippen LogP contribution >= 0.6 is 0 Å². The van der Waals surface area contributed by atoms with E-state index < -0.39 is 9.85 Å². The van der Waals surface area contributed by atoms with Crippen LogP contribution in [0.1, 0.15) is 11.1 Å². The third-order valence-electron chi connectivity index (χ3n) is 3.52. The number of nitriles is 1. The van der Waals surface area contributed by atoms with E-state index in [0.717, 1.165) is 0 Å². The summed E-state index contributed by atoms with van der Waals surface area (Å²) < 4.78 is 10.2. The van der Waals surface area contributed by atoms with Gasteiger partial charge in [0.2, 0.25) is 0 Å². The Morgan fingerprint density at radius 2 is 1.62 bits per heavy atom. The van der Waals surface area contributed by atoms with Gasteiger partial charge in [0.05, 0.1) is 41.3 Å². The number of nitro benzene ring substituents is 2. The van der Waals surface area contributed by atoms with E-state index in [2.05, 4.69) is 0 Å². The van der Waals surface area contributed by atoms with Crippen LogP contribution in [0.15, 0.2) is 36.4 Å². The molecule has 0 aliphatic heterocycles. The van der Waals surface area contributed by atoms with Gasteiger partial charge in [-0.15, -0.1) is 0 Å². The van der Waals surface area contributed by atoms with Crippen LogP contribution < -0.4 is 9.47 Å². The zero-order chi connectivity index (χ0) is 19.3. The van der Waals surface area contributed by atoms with Crippen LogP contribution in [0.25, 0.3) is 11.6 Å². The van der Waals surface area contributed by atoms with Crippen LogP contribution in [0.2, 0.25) is 0 Å². The molecule has 0 amide bonds. The third kappa shape index (κ3) is 3.76. The van der Waals surface area contributed by atoms with Crippen LogP contribution in [0.3, 0.4) is 0 Å². The first-order chi connectivity index (χ1) is 12.4. The highest BCUT2D eigenvalue weighted by molar-refractivity contribution is 5.93. The van der Waals surface area contributed by atoms with E-state index in [4.69, 9.17) is 9.47 Å². The Morgan fingerprint density at radius 1 is 1.04 bits per heavy atom. The van der Waals surface area contributed by atoms with Gasteiger partial charge in [0.25, 0.3) is 11.4 Å². The quantitative estimate of drug-likeness (QED) is 0.335. The molecular formula is C17H13N3O6. The molecule has 0 bridgehead atoms. The first kappa shape index (κ1) is 18.4. The lowest BCUT2D eigenvalue weighted by atomic mass is 10.0. The van der Waals surface area contributed by atoms with Crippen LogP contribution in [-0.2, 0) is 0 Å². The van der Waals surface area contributed by atoms with Crippen molar-refractivity contribution in [2.75, 3.05) is 14.2 Å². The summed E-state index contributed by atoms with van der Waals surface area (Å²) in [6.45, 7) is 0. The second kappa shape index (κ2) is 7.76. The summed E-state index contributed by atoms with van der Waals surface area (Å²) in [6, 6.07) is 9.89. The number of nitrogens with zero attached hydrogens (tertiary/aromatic N) is 3. The highest BCUT2D eigenvalue weighted by Gasteiger charge is 2.22. The standard InChI is InChI=1S/C17H13N3O6/c1-25-16-8-14(15(20(23)24)9-17(16)26-2)12(10-18)7-11-3-5-13(6-4-11)19(21)22/h3-9H,1-2H3/b12-7+. The molecule has 26 heavy (non-hydrogen) atoms. The normalized spacial score (nSPS) is 10.7. The molecule has 0 heterocycles. The van der Waals surface area contributed by atoms with Crippen molar-refractivity contribution >= 4 is 23.0 Å². The summed E-state index contributed by atoms with van der Waals surface area (Å²) in [5, 5.41) is 31.5. The van der Waals surface area contributed by atoms with Gasteiger partial charge >= 0.3 is 0 Å². The van der Waals surface area contributed by atoms with Crippen molar-refractivity contribution in [3.63, 3.8) is 0 Å². The largest absolute Gasteiger partial charge is 0.493 e. The summed E-state index contributed by atoms with van der Waals surface area (Å²) in [4.78, 5) is 20.9. The maximum Gasteiger partial charge on any atom is 0.281 e. The minimum absolute atomic E-state index is 0.00602. The Hall–Kier alpha value is -3.93. The molecule has 2 rings (SSSR count). The zero-order valence-electron chi connectivity index (χ0n) is 13.8. The van der Waals surface area contributed by atoms with E-state index >= 15 is 0 Å². The van der Waals surface area contributed by atoms with E-state index in [1.54, 1.807) is 0 Å². The van der Waals surface area contributed by atoms with Gasteiger partial charge in [0.15, 0.2) is 11.5 Å². The average molecular weight is 355 g/mol. The molecule has 2 aromatic carbocycles. The zero-order valence-corrected chi connectivity index (χ0v) is 13.8. The molecule has 9 heteroatoms. The van der Waals surface area contributed by atoms with Crippen LogP contribution in [0, 0.1) is 31.6 Å². The van der Waals surface area contributed by atoms with Crippen molar-refractivity contribution in [2.45, 2.75) is 0 Å². The van der Waals surface area contributed by atoms with Gasteiger partial charge in [-0.25, -0.2) is 0 Å². The number of hydrogen-bond donors (Lipinski definition) is 0. The molecule has 0 fully saturated rings. The van der Waals surface area contributed by atoms with Crippen molar-refractivity contribution in [3.05, 3.63) is 67.8 Å². The summed E-state index contributed by atoms with van der Waals surface area (Å²) >= 11 is 0. The number of non-ortho nitro benzene ring substituents is 1. The van der Waals surface area contributed by atoms with E-state index in [-0.39, 0.29) is 34.0 Å². The van der Waals surface area contributed by atoms with Crippen LogP contribution in [0.5, 0.6) is 11.5 Å². The Morgan fingerprint density at radius 3 is 2.08 bits per heavy atom. The van der Waals surface area contributed by atoms with Crippen molar-refractivity contribution in [1.29, 1.82) is 5.26 Å². The molecule has 0 spiro atoms. The van der Waals surface area contributed by atoms with E-state index in [1.807, 2.05) is 6.07 Å². The number of benzene rings is 2. The molecule has 9 nitrogen and oxygen atoms in total. The Kier molecular flexibility index (Phi) is 5.49. The Labute approximate surface area is 148 Å². The molecule has 0 atom stereocenters. The first-order valence-corrected chi connectivity index (χ1v) is 7.18. The minimum Gasteiger partial charge on any atom is -0.493 e. The molecule has 132 valence electrons. The predicted molar refractivity (Wildman–Crippen MR) is 92.8 cm³/mol. The van der Waals surface area contributed by atoms with Gasteiger partial charge in [-0.1, -0.05) is 0 Å². The first-order valence-electron chi connectivity index (χ1n) is 7.18. The van der Waals surface area contributed by atoms with Crippen LogP contribution in [-0.4, -0.2) is 24.1 Å². The van der Waals surface area contributed by atoms with Crippen molar-refractivity contribution in [2.24, 2.45) is 0 Å². The van der Waals surface area contributed by atoms with Gasteiger partial charge in [-0.05, 0) is 29.8 Å². The van der Waals surface area contributed by atoms with E-state index in [0.29, 0.717) is 5.56 Å². The van der Waals surface area contributed by atoms with Gasteiger partial charge < -0.3 is 9.47 Å². The maximum absolute atomic E-state index is 11.4. The maximum atomic E-state index is 11.4. The summed E-state index contributed by atoms with van der Waals surface area (Å²) in [6.07, 6.45) is 1.40. The highest BCUT2D eigenvalue weighted by Crippen LogP contribution is 2.38. The number of ether oxygens (including phenoxy) is 2. The Bertz CT molecular complexity index is 929. The molecule has 0 radical (unpaired) electrons. The lowest BCUT2D eigenvalue weighted by molar-refractivity contribution is -0.385. The number of nitro groups is 2. The van der Waals surface area contributed by atoms with Crippen LogP contribution in [0.4, 0.5) is 11.4 Å². The van der Waals surface area contributed by atoms with Gasteiger partial charge in [0, 0.05) is 12.1 Å². The fourth-order valence-corrected chi connectivity index (χ4v) is 2.26. The van der Waals surface area contributed by atoms with Crippen molar-refractivity contribution in [1.82, 2.24) is 0 Å². The summed E-state index contributed by atoms with van der Waals surface area (Å²) in [5.41, 5.74) is 0.117. The number of hydrogen-bond acceptors (Lipinski definition) is 7. The lowest BCUT2D eigenvalue weighted by Gasteiger charge is -2.10. The monoisotopic (exact) mass is 355 g/mol. The second-order valence-corrected chi connectivity index (χ2v) is 5.00. The number of methoxy groups -OCH3 is 2. The molecule has 0 saturated heterocycles. The van der Waals surface area contributed by atoms with E-state index in [9.17, 15) is 25.5 Å². The molecular weight excluding hydrogens is 342 g/mol. The lowest BCUT2D eigenvalue weighted by Crippen LogP contribution is -1.98. The van der Waals surface area contributed by atoms with Gasteiger partial charge in [0.1, 0.15) is 6.07 Å². The smallest absolute Gasteiger partial charge is 0.281 e. The second-order valence-electron chi connectivity index (χ2n) is 5.00. The average Bonchev–Trinajstić information content (AvgIpc) is 2.65. The molecule has 0 aliphatic rings. The third-order valence-corrected chi connectivity index (χ3v) is 3.52. The van der Waals surface area contributed by atoms with Gasteiger partial charge in [-0.3, -0.25) is 20.2 Å². The van der Waals surface area contributed by atoms with Crippen molar-refractivity contribution in [3.8, 4) is 17.6 Å². The summed E-state index contributed by atoms with van der Waals surface area (Å²) in [5.74, 6) is 0.397. The molecule has 0 unspecified atom stereocenters. The number of allylic oxidation sites excluding steroid dienone is 1. The fourth-order valence-electron chi connectivity index (χ4n) is 2.26. The topological polar surface area (TPSA) is 129 Å². The van der Waals surface area contributed by atoms with Gasteiger partial charge in [-0.2, -0.15) is 5.26 Å². The molecule has 0 aliphatic carbocycles.